The summed E-state index contributed by atoms with van der Waals surface area (Å²) in [5.41, 5.74) is 0.0863. The van der Waals surface area contributed by atoms with Crippen LogP contribution in [-0.4, -0.2) is 47.9 Å². The van der Waals surface area contributed by atoms with Gasteiger partial charge in [0.15, 0.2) is 0 Å². The summed E-state index contributed by atoms with van der Waals surface area (Å²) in [5, 5.41) is 12.5. The van der Waals surface area contributed by atoms with E-state index in [0.717, 1.165) is 25.7 Å². The number of carbonyl (C=O) groups is 3. The molecule has 2 aliphatic carbocycles. The van der Waals surface area contributed by atoms with Crippen molar-refractivity contribution in [1.82, 2.24) is 5.32 Å². The molecule has 2 N–H and O–H groups in total. The van der Waals surface area contributed by atoms with E-state index < -0.39 is 17.8 Å². The summed E-state index contributed by atoms with van der Waals surface area (Å²) in [5.74, 6) is -3.11. The topological polar surface area (TPSA) is 105 Å². The van der Waals surface area contributed by atoms with Crippen LogP contribution in [0, 0.1) is 5.92 Å². The van der Waals surface area contributed by atoms with Crippen molar-refractivity contribution in [3.8, 4) is 0 Å². The standard InChI is InChI=1S/C23H33ClN2O5/c24-17-12-13-20(19(14-17)23(29)30)26-22(28)16-31-15-21(27)25-18-10-8-6-4-2-1-3-5-7-9-11-18/h12-14,18-19H,1-11,15-16H2,(H,25,27)(H,29,30)/b26-20+. The summed E-state index contributed by atoms with van der Waals surface area (Å²) in [6, 6.07) is 0.145. The highest BCUT2D eigenvalue weighted by molar-refractivity contribution is 6.33. The number of nitrogens with zero attached hydrogens (tertiary/aromatic N) is 1. The first-order chi connectivity index (χ1) is 15.0. The SMILES string of the molecule is O=C(COCC(=O)NC1CCCCCCCCCCC1)/N=C1\C=CC(Cl)=CC1C(=O)O. The van der Waals surface area contributed by atoms with Crippen LogP contribution in [0.4, 0.5) is 0 Å². The first kappa shape index (κ1) is 25.3. The fourth-order valence-electron chi connectivity index (χ4n) is 3.86. The van der Waals surface area contributed by atoms with Crippen LogP contribution in [0.1, 0.15) is 70.6 Å². The quantitative estimate of drug-likeness (QED) is 0.629. The Bertz CT molecular complexity index is 705. The maximum absolute atomic E-state index is 12.2. The average molecular weight is 453 g/mol. The molecule has 2 rings (SSSR count). The molecule has 172 valence electrons. The van der Waals surface area contributed by atoms with Crippen LogP contribution in [0.2, 0.25) is 0 Å². The Kier molecular flexibility index (Phi) is 11.5. The van der Waals surface area contributed by atoms with Gasteiger partial charge in [-0.15, -0.1) is 0 Å². The maximum Gasteiger partial charge on any atom is 0.316 e. The van der Waals surface area contributed by atoms with Gasteiger partial charge in [0, 0.05) is 11.1 Å². The molecule has 0 spiro atoms. The molecule has 0 bridgehead atoms. The van der Waals surface area contributed by atoms with Gasteiger partial charge < -0.3 is 15.2 Å². The van der Waals surface area contributed by atoms with Crippen molar-refractivity contribution in [1.29, 1.82) is 0 Å². The molecule has 0 aromatic rings. The minimum atomic E-state index is -1.15. The van der Waals surface area contributed by atoms with Gasteiger partial charge in [-0.05, 0) is 31.1 Å². The number of carboxylic acids is 1. The van der Waals surface area contributed by atoms with Crippen molar-refractivity contribution in [3.05, 3.63) is 23.3 Å². The van der Waals surface area contributed by atoms with Crippen molar-refractivity contribution in [2.24, 2.45) is 10.9 Å². The number of allylic oxidation sites excluding steroid dienone is 3. The van der Waals surface area contributed by atoms with E-state index in [2.05, 4.69) is 10.3 Å². The van der Waals surface area contributed by atoms with E-state index in [4.69, 9.17) is 16.3 Å². The summed E-state index contributed by atoms with van der Waals surface area (Å²) in [7, 11) is 0. The van der Waals surface area contributed by atoms with Crippen molar-refractivity contribution >= 4 is 35.1 Å². The van der Waals surface area contributed by atoms with Crippen LogP contribution in [-0.2, 0) is 19.1 Å². The Hall–Kier alpha value is -1.99. The second-order valence-corrected chi connectivity index (χ2v) is 8.58. The van der Waals surface area contributed by atoms with Gasteiger partial charge in [-0.1, -0.05) is 69.4 Å². The smallest absolute Gasteiger partial charge is 0.316 e. The number of hydrogen-bond donors (Lipinski definition) is 2. The fraction of sp³-hybridized carbons (Fsp3) is 0.652. The molecular formula is C23H33ClN2O5. The third-order valence-corrected chi connectivity index (χ3v) is 5.76. The molecule has 1 fully saturated rings. The van der Waals surface area contributed by atoms with Crippen molar-refractivity contribution in [2.75, 3.05) is 13.2 Å². The Morgan fingerprint density at radius 3 is 2.13 bits per heavy atom. The van der Waals surface area contributed by atoms with Gasteiger partial charge in [0.25, 0.3) is 5.91 Å². The number of carboxylic acid groups (broad SMARTS) is 1. The first-order valence-corrected chi connectivity index (χ1v) is 11.6. The predicted octanol–water partition coefficient (Wildman–Crippen LogP) is 4.15. The number of halogens is 1. The van der Waals surface area contributed by atoms with Gasteiger partial charge >= 0.3 is 5.97 Å². The highest BCUT2D eigenvalue weighted by Crippen LogP contribution is 2.19. The highest BCUT2D eigenvalue weighted by Gasteiger charge is 2.24. The minimum Gasteiger partial charge on any atom is -0.481 e. The summed E-state index contributed by atoms with van der Waals surface area (Å²) in [6.07, 6.45) is 17.2. The first-order valence-electron chi connectivity index (χ1n) is 11.2. The molecule has 7 nitrogen and oxygen atoms in total. The molecule has 8 heteroatoms. The van der Waals surface area contributed by atoms with Crippen LogP contribution in [0.25, 0.3) is 0 Å². The summed E-state index contributed by atoms with van der Waals surface area (Å²) < 4.78 is 5.21. The number of amides is 2. The molecule has 0 heterocycles. The largest absolute Gasteiger partial charge is 0.481 e. The van der Waals surface area contributed by atoms with Crippen LogP contribution >= 0.6 is 11.6 Å². The van der Waals surface area contributed by atoms with E-state index in [0.29, 0.717) is 0 Å². The second kappa shape index (κ2) is 14.1. The van der Waals surface area contributed by atoms with Gasteiger partial charge in [0.1, 0.15) is 19.1 Å². The zero-order chi connectivity index (χ0) is 22.5. The Labute approximate surface area is 189 Å². The number of carbonyl (C=O) groups excluding carboxylic acids is 2. The molecule has 0 radical (unpaired) electrons. The molecule has 0 aromatic carbocycles. The van der Waals surface area contributed by atoms with Gasteiger partial charge in [0.2, 0.25) is 5.91 Å². The highest BCUT2D eigenvalue weighted by atomic mass is 35.5. The number of aliphatic carboxylic acids is 1. The third-order valence-electron chi connectivity index (χ3n) is 5.51. The Balaban J connectivity index is 1.75. The van der Waals surface area contributed by atoms with Gasteiger partial charge in [-0.3, -0.25) is 14.4 Å². The van der Waals surface area contributed by atoms with Crippen molar-refractivity contribution in [2.45, 2.75) is 76.7 Å². The monoisotopic (exact) mass is 452 g/mol. The molecule has 0 aromatic heterocycles. The Morgan fingerprint density at radius 1 is 0.968 bits per heavy atom. The van der Waals surface area contributed by atoms with Crippen LogP contribution in [0.3, 0.4) is 0 Å². The van der Waals surface area contributed by atoms with Crippen molar-refractivity contribution in [3.63, 3.8) is 0 Å². The second-order valence-electron chi connectivity index (χ2n) is 8.15. The average Bonchev–Trinajstić information content (AvgIpc) is 2.71. The van der Waals surface area contributed by atoms with Gasteiger partial charge in [-0.25, -0.2) is 4.99 Å². The molecule has 0 saturated heterocycles. The molecule has 31 heavy (non-hydrogen) atoms. The van der Waals surface area contributed by atoms with Crippen LogP contribution in [0.5, 0.6) is 0 Å². The lowest BCUT2D eigenvalue weighted by Crippen LogP contribution is -2.37. The van der Waals surface area contributed by atoms with Crippen LogP contribution in [0.15, 0.2) is 28.3 Å². The Morgan fingerprint density at radius 2 is 1.55 bits per heavy atom. The van der Waals surface area contributed by atoms with E-state index in [1.54, 1.807) is 0 Å². The molecule has 1 atom stereocenters. The number of nitrogens with one attached hydrogen (secondary N) is 1. The summed E-state index contributed by atoms with van der Waals surface area (Å²) in [6.45, 7) is -0.615. The molecule has 0 aliphatic heterocycles. The zero-order valence-corrected chi connectivity index (χ0v) is 18.7. The fourth-order valence-corrected chi connectivity index (χ4v) is 4.05. The lowest BCUT2D eigenvalue weighted by Gasteiger charge is -2.19. The van der Waals surface area contributed by atoms with E-state index >= 15 is 0 Å². The molecule has 2 aliphatic rings. The van der Waals surface area contributed by atoms with Gasteiger partial charge in [-0.2, -0.15) is 0 Å². The van der Waals surface area contributed by atoms with Crippen molar-refractivity contribution < 1.29 is 24.2 Å². The number of ether oxygens (including phenoxy) is 1. The summed E-state index contributed by atoms with van der Waals surface area (Å²) >= 11 is 5.81. The number of aliphatic imine (C=N–C) groups is 1. The zero-order valence-electron chi connectivity index (χ0n) is 18.0. The molecule has 1 unspecified atom stereocenters. The third kappa shape index (κ3) is 10.2. The molecular weight excluding hydrogens is 420 g/mol. The summed E-state index contributed by atoms with van der Waals surface area (Å²) in [4.78, 5) is 39.4. The van der Waals surface area contributed by atoms with Gasteiger partial charge in [0.05, 0.1) is 5.71 Å². The molecule has 2 amide bonds. The number of rotatable bonds is 6. The number of hydrogen-bond acceptors (Lipinski definition) is 4. The lowest BCUT2D eigenvalue weighted by atomic mass is 9.98. The van der Waals surface area contributed by atoms with E-state index in [-0.39, 0.29) is 35.9 Å². The van der Waals surface area contributed by atoms with Crippen LogP contribution < -0.4 is 5.32 Å². The predicted molar refractivity (Wildman–Crippen MR) is 120 cm³/mol. The maximum atomic E-state index is 12.2. The normalized spacial score (nSPS) is 22.8. The van der Waals surface area contributed by atoms with E-state index in [1.165, 1.54) is 63.2 Å². The molecule has 1 saturated carbocycles. The van der Waals surface area contributed by atoms with E-state index in [9.17, 15) is 19.5 Å². The minimum absolute atomic E-state index is 0.0863. The lowest BCUT2D eigenvalue weighted by molar-refractivity contribution is -0.138. The van der Waals surface area contributed by atoms with E-state index in [1.807, 2.05) is 0 Å².